The average molecular weight is 308 g/mol. The van der Waals surface area contributed by atoms with Crippen LogP contribution in [0.1, 0.15) is 11.1 Å². The molecule has 4 nitrogen and oxygen atoms in total. The summed E-state index contributed by atoms with van der Waals surface area (Å²) in [6, 6.07) is 10.3. The molecule has 0 aromatic heterocycles. The quantitative estimate of drug-likeness (QED) is 0.943. The lowest BCUT2D eigenvalue weighted by Gasteiger charge is -2.21. The van der Waals surface area contributed by atoms with Gasteiger partial charge in [0.1, 0.15) is 5.82 Å². The summed E-state index contributed by atoms with van der Waals surface area (Å²) in [7, 11) is -2.25. The largest absolute Gasteiger partial charge is 0.326 e. The first-order valence-electron chi connectivity index (χ1n) is 6.40. The second-order valence-corrected chi connectivity index (χ2v) is 6.69. The number of hydrogen-bond acceptors (Lipinski definition) is 3. The topological polar surface area (TPSA) is 63.4 Å². The molecule has 0 heterocycles. The number of aryl methyl sites for hydroxylation is 1. The van der Waals surface area contributed by atoms with E-state index in [2.05, 4.69) is 0 Å². The standard InChI is InChI=1S/C15H17FN2O2S/c1-11-9-12(10-17)3-8-15(11)21(19,20)18(2)14-6-4-13(16)5-7-14/h3-9H,10,17H2,1-2H3. The van der Waals surface area contributed by atoms with Crippen LogP contribution in [0, 0.1) is 12.7 Å². The molecule has 0 saturated carbocycles. The van der Waals surface area contributed by atoms with Gasteiger partial charge in [-0.3, -0.25) is 4.31 Å². The number of anilines is 1. The maximum atomic E-state index is 12.9. The summed E-state index contributed by atoms with van der Waals surface area (Å²) in [6.45, 7) is 2.08. The van der Waals surface area contributed by atoms with E-state index in [0.29, 0.717) is 17.8 Å². The van der Waals surface area contributed by atoms with Gasteiger partial charge in [0.25, 0.3) is 10.0 Å². The van der Waals surface area contributed by atoms with E-state index in [0.717, 1.165) is 9.87 Å². The Kier molecular flexibility index (Phi) is 4.29. The molecule has 0 atom stereocenters. The molecule has 0 aliphatic heterocycles. The number of nitrogens with zero attached hydrogens (tertiary/aromatic N) is 1. The number of sulfonamides is 1. The lowest BCUT2D eigenvalue weighted by atomic mass is 10.1. The predicted octanol–water partition coefficient (Wildman–Crippen LogP) is 2.42. The van der Waals surface area contributed by atoms with Gasteiger partial charge < -0.3 is 5.73 Å². The smallest absolute Gasteiger partial charge is 0.264 e. The molecule has 0 saturated heterocycles. The number of benzene rings is 2. The molecule has 2 aromatic carbocycles. The lowest BCUT2D eigenvalue weighted by molar-refractivity contribution is 0.593. The second-order valence-electron chi connectivity index (χ2n) is 4.75. The minimum Gasteiger partial charge on any atom is -0.326 e. The zero-order chi connectivity index (χ0) is 15.6. The summed E-state index contributed by atoms with van der Waals surface area (Å²) in [5, 5.41) is 0. The molecule has 0 fully saturated rings. The highest BCUT2D eigenvalue weighted by atomic mass is 32.2. The van der Waals surface area contributed by atoms with Gasteiger partial charge in [-0.25, -0.2) is 12.8 Å². The van der Waals surface area contributed by atoms with Crippen LogP contribution >= 0.6 is 0 Å². The van der Waals surface area contributed by atoms with Crippen LogP contribution in [0.15, 0.2) is 47.4 Å². The molecular weight excluding hydrogens is 291 g/mol. The van der Waals surface area contributed by atoms with Crippen LogP contribution < -0.4 is 10.0 Å². The Morgan fingerprint density at radius 3 is 2.29 bits per heavy atom. The third-order valence-electron chi connectivity index (χ3n) is 3.30. The minimum absolute atomic E-state index is 0.214. The van der Waals surface area contributed by atoms with E-state index in [1.165, 1.54) is 31.3 Å². The Labute approximate surface area is 124 Å². The van der Waals surface area contributed by atoms with Crippen molar-refractivity contribution >= 4 is 15.7 Å². The monoisotopic (exact) mass is 308 g/mol. The minimum atomic E-state index is -3.69. The average Bonchev–Trinajstić information content (AvgIpc) is 2.46. The summed E-state index contributed by atoms with van der Waals surface area (Å²) in [6.07, 6.45) is 0. The van der Waals surface area contributed by atoms with Crippen LogP contribution in [-0.2, 0) is 16.6 Å². The molecule has 0 bridgehead atoms. The van der Waals surface area contributed by atoms with Gasteiger partial charge in [0, 0.05) is 13.6 Å². The van der Waals surface area contributed by atoms with Crippen LogP contribution in [-0.4, -0.2) is 15.5 Å². The Bertz CT molecular complexity index is 743. The maximum absolute atomic E-state index is 12.9. The second kappa shape index (κ2) is 5.83. The first kappa shape index (κ1) is 15.5. The normalized spacial score (nSPS) is 11.4. The number of halogens is 1. The van der Waals surface area contributed by atoms with Crippen LogP contribution in [0.4, 0.5) is 10.1 Å². The van der Waals surface area contributed by atoms with Gasteiger partial charge in [0.05, 0.1) is 10.6 Å². The molecule has 0 unspecified atom stereocenters. The summed E-state index contributed by atoms with van der Waals surface area (Å²) < 4.78 is 39.4. The van der Waals surface area contributed by atoms with Gasteiger partial charge in [-0.2, -0.15) is 0 Å². The Hall–Kier alpha value is -1.92. The van der Waals surface area contributed by atoms with Gasteiger partial charge >= 0.3 is 0 Å². The third kappa shape index (κ3) is 3.06. The summed E-state index contributed by atoms with van der Waals surface area (Å²) in [5.74, 6) is -0.409. The maximum Gasteiger partial charge on any atom is 0.264 e. The van der Waals surface area contributed by atoms with Crippen molar-refractivity contribution in [3.8, 4) is 0 Å². The molecule has 0 aliphatic carbocycles. The van der Waals surface area contributed by atoms with Gasteiger partial charge in [-0.05, 0) is 48.4 Å². The fourth-order valence-electron chi connectivity index (χ4n) is 2.07. The Balaban J connectivity index is 2.44. The van der Waals surface area contributed by atoms with Crippen molar-refractivity contribution in [1.82, 2.24) is 0 Å². The van der Waals surface area contributed by atoms with E-state index in [-0.39, 0.29) is 4.90 Å². The van der Waals surface area contributed by atoms with Crippen LogP contribution in [0.5, 0.6) is 0 Å². The number of hydrogen-bond donors (Lipinski definition) is 1. The van der Waals surface area contributed by atoms with Crippen molar-refractivity contribution in [3.05, 3.63) is 59.4 Å². The SMILES string of the molecule is Cc1cc(CN)ccc1S(=O)(=O)N(C)c1ccc(F)cc1. The van der Waals surface area contributed by atoms with Crippen LogP contribution in [0.2, 0.25) is 0 Å². The summed E-state index contributed by atoms with van der Waals surface area (Å²) in [5.41, 5.74) is 7.45. The van der Waals surface area contributed by atoms with Gasteiger partial charge in [0.2, 0.25) is 0 Å². The third-order valence-corrected chi connectivity index (χ3v) is 5.25. The van der Waals surface area contributed by atoms with Gasteiger partial charge in [-0.1, -0.05) is 12.1 Å². The predicted molar refractivity (Wildman–Crippen MR) is 81.1 cm³/mol. The van der Waals surface area contributed by atoms with Crippen molar-refractivity contribution in [2.24, 2.45) is 5.73 Å². The van der Waals surface area contributed by atoms with Crippen molar-refractivity contribution in [3.63, 3.8) is 0 Å². The van der Waals surface area contributed by atoms with Crippen molar-refractivity contribution in [1.29, 1.82) is 0 Å². The molecule has 0 spiro atoms. The Morgan fingerprint density at radius 1 is 1.14 bits per heavy atom. The zero-order valence-electron chi connectivity index (χ0n) is 11.9. The summed E-state index contributed by atoms with van der Waals surface area (Å²) >= 11 is 0. The molecule has 2 aromatic rings. The lowest BCUT2D eigenvalue weighted by Crippen LogP contribution is -2.27. The first-order chi connectivity index (χ1) is 9.86. The molecule has 2 N–H and O–H groups in total. The van der Waals surface area contributed by atoms with E-state index in [1.807, 2.05) is 0 Å². The molecule has 6 heteroatoms. The fraction of sp³-hybridized carbons (Fsp3) is 0.200. The van der Waals surface area contributed by atoms with Gasteiger partial charge in [0.15, 0.2) is 0 Å². The highest BCUT2D eigenvalue weighted by molar-refractivity contribution is 7.92. The van der Waals surface area contributed by atoms with E-state index < -0.39 is 15.8 Å². The van der Waals surface area contributed by atoms with Gasteiger partial charge in [-0.15, -0.1) is 0 Å². The number of nitrogens with two attached hydrogens (primary N) is 1. The molecule has 112 valence electrons. The van der Waals surface area contributed by atoms with E-state index >= 15 is 0 Å². The fourth-order valence-corrected chi connectivity index (χ4v) is 3.47. The summed E-state index contributed by atoms with van der Waals surface area (Å²) in [4.78, 5) is 0.214. The molecule has 2 rings (SSSR count). The number of rotatable bonds is 4. The van der Waals surface area contributed by atoms with Crippen molar-refractivity contribution in [2.75, 3.05) is 11.4 Å². The molecule has 0 aliphatic rings. The van der Waals surface area contributed by atoms with Crippen molar-refractivity contribution < 1.29 is 12.8 Å². The van der Waals surface area contributed by atoms with E-state index in [4.69, 9.17) is 5.73 Å². The molecule has 0 amide bonds. The molecule has 21 heavy (non-hydrogen) atoms. The zero-order valence-corrected chi connectivity index (χ0v) is 12.7. The van der Waals surface area contributed by atoms with Crippen molar-refractivity contribution in [2.45, 2.75) is 18.4 Å². The van der Waals surface area contributed by atoms with E-state index in [9.17, 15) is 12.8 Å². The first-order valence-corrected chi connectivity index (χ1v) is 7.84. The van der Waals surface area contributed by atoms with E-state index in [1.54, 1.807) is 25.1 Å². The van der Waals surface area contributed by atoms with Crippen LogP contribution in [0.25, 0.3) is 0 Å². The van der Waals surface area contributed by atoms with Crippen LogP contribution in [0.3, 0.4) is 0 Å². The Morgan fingerprint density at radius 2 is 1.76 bits per heavy atom. The molecule has 0 radical (unpaired) electrons. The highest BCUT2D eigenvalue weighted by Gasteiger charge is 2.23. The highest BCUT2D eigenvalue weighted by Crippen LogP contribution is 2.25. The molecular formula is C15H17FN2O2S.